The first-order valence-electron chi connectivity index (χ1n) is 4.92. The van der Waals surface area contributed by atoms with Crippen LogP contribution in [0.25, 0.3) is 0 Å². The number of nitrogen functional groups attached to an aromatic ring is 1. The van der Waals surface area contributed by atoms with Crippen LogP contribution >= 0.6 is 22.6 Å². The van der Waals surface area contributed by atoms with Crippen LogP contribution in [-0.4, -0.2) is 18.0 Å². The van der Waals surface area contributed by atoms with Crippen LogP contribution in [0.1, 0.15) is 24.2 Å². The molecule has 0 radical (unpaired) electrons. The Labute approximate surface area is 109 Å². The Kier molecular flexibility index (Phi) is 4.15. The molecule has 0 saturated carbocycles. The minimum Gasteiger partial charge on any atom is -0.398 e. The smallest absolute Gasteiger partial charge is 0.251 e. The molecule has 0 unspecified atom stereocenters. The summed E-state index contributed by atoms with van der Waals surface area (Å²) in [6.07, 6.45) is 0. The van der Waals surface area contributed by atoms with E-state index in [-0.39, 0.29) is 5.91 Å². The van der Waals surface area contributed by atoms with E-state index in [1.807, 2.05) is 13.8 Å². The van der Waals surface area contributed by atoms with E-state index in [1.165, 1.54) is 0 Å². The molecule has 88 valence electrons. The molecule has 0 aliphatic heterocycles. The number of carbonyl (C=O) groups is 1. The Morgan fingerprint density at radius 1 is 1.50 bits per heavy atom. The Hall–Kier alpha value is -0.820. The summed E-state index contributed by atoms with van der Waals surface area (Å²) in [5, 5.41) is 2.78. The summed E-state index contributed by atoms with van der Waals surface area (Å²) < 4.78 is 0.872. The van der Waals surface area contributed by atoms with Crippen LogP contribution in [0.15, 0.2) is 18.2 Å². The predicted molar refractivity (Wildman–Crippen MR) is 74.2 cm³/mol. The monoisotopic (exact) mass is 333 g/mol. The fourth-order valence-corrected chi connectivity index (χ4v) is 1.59. The summed E-state index contributed by atoms with van der Waals surface area (Å²) in [6, 6.07) is 5.19. The largest absolute Gasteiger partial charge is 0.398 e. The van der Waals surface area contributed by atoms with Gasteiger partial charge in [-0.25, -0.2) is 0 Å². The van der Waals surface area contributed by atoms with Crippen molar-refractivity contribution >= 4 is 34.2 Å². The second-order valence-electron chi connectivity index (χ2n) is 4.41. The Morgan fingerprint density at radius 2 is 2.12 bits per heavy atom. The van der Waals surface area contributed by atoms with Crippen LogP contribution < -0.4 is 16.8 Å². The maximum atomic E-state index is 11.7. The Morgan fingerprint density at radius 3 is 2.62 bits per heavy atom. The highest BCUT2D eigenvalue weighted by Crippen LogP contribution is 2.16. The number of hydrogen-bond acceptors (Lipinski definition) is 3. The Balaban J connectivity index is 2.70. The zero-order chi connectivity index (χ0) is 12.3. The molecule has 5 heteroatoms. The third kappa shape index (κ3) is 3.97. The molecule has 1 aromatic carbocycles. The minimum atomic E-state index is -0.406. The third-order valence-electron chi connectivity index (χ3n) is 1.97. The van der Waals surface area contributed by atoms with Gasteiger partial charge < -0.3 is 16.8 Å². The quantitative estimate of drug-likeness (QED) is 0.577. The van der Waals surface area contributed by atoms with E-state index in [9.17, 15) is 4.79 Å². The molecule has 0 fully saturated rings. The predicted octanol–water partition coefficient (Wildman–Crippen LogP) is 1.34. The van der Waals surface area contributed by atoms with Gasteiger partial charge in [0.1, 0.15) is 0 Å². The summed E-state index contributed by atoms with van der Waals surface area (Å²) in [5.41, 5.74) is 12.3. The van der Waals surface area contributed by atoms with E-state index in [0.717, 1.165) is 3.57 Å². The molecular weight excluding hydrogens is 317 g/mol. The fourth-order valence-electron chi connectivity index (χ4n) is 1.08. The van der Waals surface area contributed by atoms with Crippen molar-refractivity contribution in [1.82, 2.24) is 5.32 Å². The van der Waals surface area contributed by atoms with Gasteiger partial charge in [0.05, 0.1) is 0 Å². The number of benzene rings is 1. The number of nitrogens with two attached hydrogens (primary N) is 2. The van der Waals surface area contributed by atoms with Crippen molar-refractivity contribution in [3.8, 4) is 0 Å². The molecule has 4 nitrogen and oxygen atoms in total. The molecule has 0 aliphatic rings. The van der Waals surface area contributed by atoms with Crippen LogP contribution in [0.3, 0.4) is 0 Å². The zero-order valence-corrected chi connectivity index (χ0v) is 11.5. The topological polar surface area (TPSA) is 81.1 Å². The second kappa shape index (κ2) is 5.01. The fraction of sp³-hybridized carbons (Fsp3) is 0.364. The number of amides is 1. The number of nitrogens with one attached hydrogen (secondary N) is 1. The van der Waals surface area contributed by atoms with Crippen molar-refractivity contribution in [3.05, 3.63) is 27.3 Å². The lowest BCUT2D eigenvalue weighted by atomic mass is 10.1. The van der Waals surface area contributed by atoms with Crippen LogP contribution in [0.5, 0.6) is 0 Å². The molecule has 16 heavy (non-hydrogen) atoms. The van der Waals surface area contributed by atoms with Crippen LogP contribution in [0.4, 0.5) is 5.69 Å². The summed E-state index contributed by atoms with van der Waals surface area (Å²) in [6.45, 7) is 4.16. The summed E-state index contributed by atoms with van der Waals surface area (Å²) in [5.74, 6) is -0.128. The average molecular weight is 333 g/mol. The van der Waals surface area contributed by atoms with Gasteiger partial charge in [0, 0.05) is 26.9 Å². The van der Waals surface area contributed by atoms with Crippen molar-refractivity contribution in [3.63, 3.8) is 0 Å². The van der Waals surface area contributed by atoms with Gasteiger partial charge in [-0.1, -0.05) is 0 Å². The molecule has 1 rings (SSSR count). The van der Waals surface area contributed by atoms with E-state index in [2.05, 4.69) is 27.9 Å². The summed E-state index contributed by atoms with van der Waals surface area (Å²) in [7, 11) is 0. The van der Waals surface area contributed by atoms with Crippen LogP contribution in [0.2, 0.25) is 0 Å². The van der Waals surface area contributed by atoms with Gasteiger partial charge in [0.25, 0.3) is 5.91 Å². The highest BCUT2D eigenvalue weighted by Gasteiger charge is 2.13. The molecule has 1 amide bonds. The first-order valence-corrected chi connectivity index (χ1v) is 5.99. The average Bonchev–Trinajstić information content (AvgIpc) is 2.17. The first kappa shape index (κ1) is 13.2. The van der Waals surface area contributed by atoms with E-state index in [0.29, 0.717) is 17.8 Å². The van der Waals surface area contributed by atoms with E-state index in [4.69, 9.17) is 11.5 Å². The lowest BCUT2D eigenvalue weighted by Gasteiger charge is -2.18. The van der Waals surface area contributed by atoms with Gasteiger partial charge in [0.15, 0.2) is 0 Å². The highest BCUT2D eigenvalue weighted by atomic mass is 127. The van der Waals surface area contributed by atoms with Crippen molar-refractivity contribution in [1.29, 1.82) is 0 Å². The lowest BCUT2D eigenvalue weighted by molar-refractivity contribution is 0.0946. The van der Waals surface area contributed by atoms with Crippen LogP contribution in [-0.2, 0) is 0 Å². The summed E-state index contributed by atoms with van der Waals surface area (Å²) in [4.78, 5) is 11.7. The number of rotatable bonds is 3. The van der Waals surface area contributed by atoms with E-state index in [1.54, 1.807) is 18.2 Å². The maximum Gasteiger partial charge on any atom is 0.251 e. The number of halogens is 1. The van der Waals surface area contributed by atoms with Gasteiger partial charge in [0.2, 0.25) is 0 Å². The molecule has 0 saturated heterocycles. The number of hydrogen-bond donors (Lipinski definition) is 3. The number of anilines is 1. The molecule has 5 N–H and O–H groups in total. The van der Waals surface area contributed by atoms with Crippen molar-refractivity contribution in [2.45, 2.75) is 19.4 Å². The Bertz CT molecular complexity index is 399. The molecule has 0 bridgehead atoms. The second-order valence-corrected chi connectivity index (χ2v) is 5.57. The molecule has 0 atom stereocenters. The van der Waals surface area contributed by atoms with Gasteiger partial charge in [-0.15, -0.1) is 0 Å². The van der Waals surface area contributed by atoms with Crippen molar-refractivity contribution < 1.29 is 4.79 Å². The van der Waals surface area contributed by atoms with Gasteiger partial charge >= 0.3 is 0 Å². The van der Waals surface area contributed by atoms with Gasteiger partial charge in [-0.05, 0) is 54.6 Å². The summed E-state index contributed by atoms with van der Waals surface area (Å²) >= 11 is 2.10. The molecule has 0 aliphatic carbocycles. The minimum absolute atomic E-state index is 0.128. The highest BCUT2D eigenvalue weighted by molar-refractivity contribution is 14.1. The molecule has 0 aromatic heterocycles. The molecular formula is C11H16IN3O. The number of carbonyl (C=O) groups excluding carboxylic acids is 1. The molecule has 0 heterocycles. The van der Waals surface area contributed by atoms with Crippen molar-refractivity contribution in [2.75, 3.05) is 12.3 Å². The van der Waals surface area contributed by atoms with E-state index >= 15 is 0 Å². The molecule has 1 aromatic rings. The molecule has 0 spiro atoms. The zero-order valence-electron chi connectivity index (χ0n) is 9.38. The maximum absolute atomic E-state index is 11.7. The normalized spacial score (nSPS) is 11.2. The third-order valence-corrected chi connectivity index (χ3v) is 2.90. The van der Waals surface area contributed by atoms with E-state index < -0.39 is 5.54 Å². The van der Waals surface area contributed by atoms with Crippen LogP contribution in [0, 0.1) is 3.57 Å². The lowest BCUT2D eigenvalue weighted by Crippen LogP contribution is -2.45. The standard InChI is InChI=1S/C11H16IN3O/c1-11(2,14)6-15-10(16)7-3-4-9(13)8(12)5-7/h3-5H,6,13-14H2,1-2H3,(H,15,16). The van der Waals surface area contributed by atoms with Crippen molar-refractivity contribution in [2.24, 2.45) is 5.73 Å². The SMILES string of the molecule is CC(C)(N)CNC(=O)c1ccc(N)c(I)c1. The van der Waals surface area contributed by atoms with Gasteiger partial charge in [-0.2, -0.15) is 0 Å². The van der Waals surface area contributed by atoms with Gasteiger partial charge in [-0.3, -0.25) is 4.79 Å². The first-order chi connectivity index (χ1) is 7.29.